The van der Waals surface area contributed by atoms with Crippen molar-refractivity contribution in [1.82, 2.24) is 0 Å². The van der Waals surface area contributed by atoms with E-state index in [9.17, 15) is 9.90 Å². The molecule has 2 atom stereocenters. The molecule has 1 N–H and O–H groups in total. The fourth-order valence-electron chi connectivity index (χ4n) is 1.47. The van der Waals surface area contributed by atoms with E-state index in [1.54, 1.807) is 12.1 Å². The molecule has 3 nitrogen and oxygen atoms in total. The molecule has 1 aromatic carbocycles. The first-order valence-corrected chi connectivity index (χ1v) is 6.19. The summed E-state index contributed by atoms with van der Waals surface area (Å²) in [6, 6.07) is 9.07. The van der Waals surface area contributed by atoms with Crippen LogP contribution in [0.25, 0.3) is 0 Å². The molecule has 0 radical (unpaired) electrons. The van der Waals surface area contributed by atoms with Crippen LogP contribution < -0.4 is 0 Å². The molecule has 1 aromatic rings. The maximum atomic E-state index is 11.3. The molecule has 1 aliphatic heterocycles. The van der Waals surface area contributed by atoms with Gasteiger partial charge in [0, 0.05) is 0 Å². The van der Waals surface area contributed by atoms with Gasteiger partial charge in [-0.2, -0.15) is 0 Å². The predicted molar refractivity (Wildman–Crippen MR) is 66.2 cm³/mol. The average molecular weight is 348 g/mol. The number of ether oxygens (including phenoxy) is 1. The molecule has 16 heavy (non-hydrogen) atoms. The van der Waals surface area contributed by atoms with Crippen LogP contribution in [0.2, 0.25) is 0 Å². The van der Waals surface area contributed by atoms with Crippen molar-refractivity contribution in [3.05, 3.63) is 44.9 Å². The van der Waals surface area contributed by atoms with E-state index in [-0.39, 0.29) is 0 Å². The second-order valence-corrected chi connectivity index (χ2v) is 4.99. The van der Waals surface area contributed by atoms with Gasteiger partial charge < -0.3 is 9.84 Å². The van der Waals surface area contributed by atoms with E-state index in [1.807, 2.05) is 18.2 Å². The van der Waals surface area contributed by atoms with Gasteiger partial charge in [0.05, 0.1) is 4.48 Å². The van der Waals surface area contributed by atoms with Gasteiger partial charge >= 0.3 is 5.97 Å². The number of carbonyl (C=O) groups is 1. The maximum Gasteiger partial charge on any atom is 0.346 e. The molecule has 5 heteroatoms. The number of benzene rings is 1. The minimum atomic E-state index is -0.866. The van der Waals surface area contributed by atoms with Crippen molar-refractivity contribution >= 4 is 37.8 Å². The standard InChI is InChI=1S/C11H8Br2O3/c12-7-8(13)11(15)16-10(7)9(14)6-4-2-1-3-5-6/h1-5,9-10,14H/t9-,10+/m1/s1. The van der Waals surface area contributed by atoms with Gasteiger partial charge in [0.2, 0.25) is 0 Å². The Hall–Kier alpha value is -0.650. The first kappa shape index (κ1) is 11.8. The number of aliphatic hydroxyl groups excluding tert-OH is 1. The van der Waals surface area contributed by atoms with E-state index < -0.39 is 18.2 Å². The van der Waals surface area contributed by atoms with Crippen molar-refractivity contribution < 1.29 is 14.6 Å². The van der Waals surface area contributed by atoms with Gasteiger partial charge in [0.25, 0.3) is 0 Å². The summed E-state index contributed by atoms with van der Waals surface area (Å²) in [6.45, 7) is 0. The van der Waals surface area contributed by atoms with Gasteiger partial charge in [0.1, 0.15) is 10.6 Å². The zero-order valence-electron chi connectivity index (χ0n) is 8.06. The summed E-state index contributed by atoms with van der Waals surface area (Å²) < 4.78 is 5.91. The third-order valence-electron chi connectivity index (χ3n) is 2.30. The Balaban J connectivity index is 2.25. The number of esters is 1. The molecule has 0 unspecified atom stereocenters. The molecule has 0 amide bonds. The van der Waals surface area contributed by atoms with Crippen LogP contribution in [0.15, 0.2) is 39.3 Å². The normalized spacial score (nSPS) is 22.2. The van der Waals surface area contributed by atoms with Crippen LogP contribution >= 0.6 is 31.9 Å². The Kier molecular flexibility index (Phi) is 3.47. The summed E-state index contributed by atoms with van der Waals surface area (Å²) in [6.07, 6.45) is -1.54. The molecular weight excluding hydrogens is 340 g/mol. The molecule has 0 fully saturated rings. The summed E-state index contributed by atoms with van der Waals surface area (Å²) >= 11 is 6.33. The molecule has 1 aliphatic rings. The molecule has 0 bridgehead atoms. The van der Waals surface area contributed by atoms with Crippen LogP contribution in [0, 0.1) is 0 Å². The molecule has 0 spiro atoms. The molecule has 0 saturated carbocycles. The summed E-state index contributed by atoms with van der Waals surface area (Å²) in [5.74, 6) is -0.466. The fourth-order valence-corrected chi connectivity index (χ4v) is 2.29. The van der Waals surface area contributed by atoms with Gasteiger partial charge in [-0.1, -0.05) is 30.3 Å². The molecule has 0 aromatic heterocycles. The van der Waals surface area contributed by atoms with Crippen LogP contribution in [0.1, 0.15) is 11.7 Å². The predicted octanol–water partition coefficient (Wildman–Crippen LogP) is 2.65. The fraction of sp³-hybridized carbons (Fsp3) is 0.182. The van der Waals surface area contributed by atoms with Gasteiger partial charge in [0.15, 0.2) is 6.10 Å². The molecule has 0 saturated heterocycles. The second-order valence-electron chi connectivity index (χ2n) is 3.34. The summed E-state index contributed by atoms with van der Waals surface area (Å²) in [5, 5.41) is 10.1. The van der Waals surface area contributed by atoms with E-state index in [1.165, 1.54) is 0 Å². The van der Waals surface area contributed by atoms with Crippen molar-refractivity contribution in [3.8, 4) is 0 Å². The molecular formula is C11H8Br2O3. The number of hydrogen-bond donors (Lipinski definition) is 1. The van der Waals surface area contributed by atoms with Crippen molar-refractivity contribution in [1.29, 1.82) is 0 Å². The minimum absolute atomic E-state index is 0.326. The van der Waals surface area contributed by atoms with E-state index in [0.717, 1.165) is 0 Å². The lowest BCUT2D eigenvalue weighted by atomic mass is 10.0. The van der Waals surface area contributed by atoms with E-state index >= 15 is 0 Å². The lowest BCUT2D eigenvalue weighted by Gasteiger charge is -2.18. The topological polar surface area (TPSA) is 46.5 Å². The average Bonchev–Trinajstić information content (AvgIpc) is 2.57. The SMILES string of the molecule is O=C1O[C@H]([C@H](O)c2ccccc2)C(Br)=C1Br. The highest BCUT2D eigenvalue weighted by atomic mass is 79.9. The number of halogens is 2. The monoisotopic (exact) mass is 346 g/mol. The maximum absolute atomic E-state index is 11.3. The van der Waals surface area contributed by atoms with Crippen molar-refractivity contribution in [2.24, 2.45) is 0 Å². The highest BCUT2D eigenvalue weighted by Gasteiger charge is 2.36. The van der Waals surface area contributed by atoms with Crippen LogP contribution in [-0.4, -0.2) is 17.2 Å². The van der Waals surface area contributed by atoms with E-state index in [0.29, 0.717) is 14.5 Å². The minimum Gasteiger partial charge on any atom is -0.450 e. The summed E-state index contributed by atoms with van der Waals surface area (Å²) in [4.78, 5) is 11.3. The Morgan fingerprint density at radius 1 is 1.25 bits per heavy atom. The first-order valence-electron chi connectivity index (χ1n) is 4.60. The molecule has 84 valence electrons. The largest absolute Gasteiger partial charge is 0.450 e. The lowest BCUT2D eigenvalue weighted by molar-refractivity contribution is -0.143. The van der Waals surface area contributed by atoms with Crippen molar-refractivity contribution in [2.75, 3.05) is 0 Å². The Bertz CT molecular complexity index is 442. The Morgan fingerprint density at radius 3 is 2.38 bits per heavy atom. The molecule has 2 rings (SSSR count). The third kappa shape index (κ3) is 2.07. The summed E-state index contributed by atoms with van der Waals surface area (Å²) in [5.41, 5.74) is 0.708. The van der Waals surface area contributed by atoms with Crippen molar-refractivity contribution in [2.45, 2.75) is 12.2 Å². The Labute approximate surface area is 109 Å². The zero-order chi connectivity index (χ0) is 11.7. The van der Waals surface area contributed by atoms with Crippen LogP contribution in [0.5, 0.6) is 0 Å². The van der Waals surface area contributed by atoms with E-state index in [2.05, 4.69) is 31.9 Å². The number of aliphatic hydroxyl groups is 1. The van der Waals surface area contributed by atoms with Gasteiger partial charge in [-0.05, 0) is 37.4 Å². The lowest BCUT2D eigenvalue weighted by Crippen LogP contribution is -2.20. The highest BCUT2D eigenvalue weighted by Crippen LogP contribution is 2.37. The first-order chi connectivity index (χ1) is 7.61. The van der Waals surface area contributed by atoms with E-state index in [4.69, 9.17) is 4.74 Å². The number of rotatable bonds is 2. The second kappa shape index (κ2) is 4.69. The van der Waals surface area contributed by atoms with Gasteiger partial charge in [-0.15, -0.1) is 0 Å². The van der Waals surface area contributed by atoms with Gasteiger partial charge in [-0.25, -0.2) is 4.79 Å². The Morgan fingerprint density at radius 2 is 1.88 bits per heavy atom. The molecule has 1 heterocycles. The summed E-state index contributed by atoms with van der Waals surface area (Å²) in [7, 11) is 0. The molecule has 0 aliphatic carbocycles. The zero-order valence-corrected chi connectivity index (χ0v) is 11.2. The van der Waals surface area contributed by atoms with Crippen LogP contribution in [0.3, 0.4) is 0 Å². The van der Waals surface area contributed by atoms with Crippen molar-refractivity contribution in [3.63, 3.8) is 0 Å². The van der Waals surface area contributed by atoms with Gasteiger partial charge in [-0.3, -0.25) is 0 Å². The quantitative estimate of drug-likeness (QED) is 0.836. The number of carbonyl (C=O) groups excluding carboxylic acids is 1. The third-order valence-corrected chi connectivity index (χ3v) is 4.43. The van der Waals surface area contributed by atoms with Crippen LogP contribution in [-0.2, 0) is 9.53 Å². The number of hydrogen-bond acceptors (Lipinski definition) is 3. The highest BCUT2D eigenvalue weighted by molar-refractivity contribution is 9.14. The smallest absolute Gasteiger partial charge is 0.346 e. The van der Waals surface area contributed by atoms with Crippen LogP contribution in [0.4, 0.5) is 0 Å². The number of cyclic esters (lactones) is 1.